The molecule has 1 aromatic rings. The van der Waals surface area contributed by atoms with E-state index in [9.17, 15) is 14.4 Å². The fourth-order valence-corrected chi connectivity index (χ4v) is 3.42. The molecule has 2 rings (SSSR count). The van der Waals surface area contributed by atoms with Gasteiger partial charge in [-0.25, -0.2) is 4.79 Å². The van der Waals surface area contributed by atoms with Gasteiger partial charge in [-0.15, -0.1) is 0 Å². The minimum atomic E-state index is -0.782. The summed E-state index contributed by atoms with van der Waals surface area (Å²) < 4.78 is 10.6. The average Bonchev–Trinajstić information content (AvgIpc) is 3.13. The topological polar surface area (TPSA) is 84.9 Å². The van der Waals surface area contributed by atoms with Gasteiger partial charge in [0.25, 0.3) is 5.91 Å². The minimum absolute atomic E-state index is 0.266. The predicted octanol–water partition coefficient (Wildman–Crippen LogP) is 3.17. The minimum Gasteiger partial charge on any atom is -0.497 e. The Morgan fingerprint density at radius 3 is 2.17 bits per heavy atom. The molecule has 7 nitrogen and oxygen atoms in total. The Hall–Kier alpha value is -2.57. The summed E-state index contributed by atoms with van der Waals surface area (Å²) in [5.41, 5.74) is -0.733. The Morgan fingerprint density at radius 2 is 1.67 bits per heavy atom. The van der Waals surface area contributed by atoms with Crippen LogP contribution in [0.4, 0.5) is 0 Å². The van der Waals surface area contributed by atoms with Crippen molar-refractivity contribution in [1.29, 1.82) is 0 Å². The summed E-state index contributed by atoms with van der Waals surface area (Å²) in [4.78, 5) is 40.4. The molecule has 1 aliphatic heterocycles. The van der Waals surface area contributed by atoms with Crippen molar-refractivity contribution < 1.29 is 23.9 Å². The number of benzene rings is 1. The van der Waals surface area contributed by atoms with Crippen LogP contribution in [0.3, 0.4) is 0 Å². The molecule has 0 radical (unpaired) electrons. The molecule has 0 aromatic heterocycles. The van der Waals surface area contributed by atoms with Gasteiger partial charge in [0.15, 0.2) is 0 Å². The zero-order chi connectivity index (χ0) is 22.7. The molecule has 0 spiro atoms. The zero-order valence-electron chi connectivity index (χ0n) is 19.1. The second-order valence-electron chi connectivity index (χ2n) is 9.72. The van der Waals surface area contributed by atoms with Crippen LogP contribution in [0.1, 0.15) is 64.7 Å². The summed E-state index contributed by atoms with van der Waals surface area (Å²) in [5.74, 6) is -0.369. The van der Waals surface area contributed by atoms with Gasteiger partial charge < -0.3 is 19.7 Å². The largest absolute Gasteiger partial charge is 0.497 e. The third-order valence-electron chi connectivity index (χ3n) is 4.96. The first kappa shape index (κ1) is 23.7. The smallest absolute Gasteiger partial charge is 0.329 e. The Labute approximate surface area is 179 Å². The van der Waals surface area contributed by atoms with E-state index < -0.39 is 29.1 Å². The zero-order valence-corrected chi connectivity index (χ0v) is 19.1. The number of carbonyl (C=O) groups excluding carboxylic acids is 3. The fraction of sp³-hybridized carbons (Fsp3) is 0.609. The Morgan fingerprint density at radius 1 is 1.07 bits per heavy atom. The highest BCUT2D eigenvalue weighted by molar-refractivity contribution is 5.98. The molecule has 30 heavy (non-hydrogen) atoms. The van der Waals surface area contributed by atoms with Crippen molar-refractivity contribution in [2.75, 3.05) is 13.7 Å². The highest BCUT2D eigenvalue weighted by Gasteiger charge is 2.43. The van der Waals surface area contributed by atoms with Crippen LogP contribution in [0.5, 0.6) is 5.75 Å². The standard InChI is InChI=1S/C23H34N2O5/c1-22(2,3)18(24-19(26)15-10-12-16(29-7)13-11-15)20(27)25-14-8-9-17(25)21(28)30-23(4,5)6/h10-13,17-18H,8-9,14H2,1-7H3,(H,24,26)/t17-,18+/m0/s1. The van der Waals surface area contributed by atoms with Crippen LogP contribution in [0.2, 0.25) is 0 Å². The van der Waals surface area contributed by atoms with Crippen molar-refractivity contribution in [3.63, 3.8) is 0 Å². The number of methoxy groups -OCH3 is 1. The van der Waals surface area contributed by atoms with E-state index in [4.69, 9.17) is 9.47 Å². The van der Waals surface area contributed by atoms with Crippen molar-refractivity contribution in [2.45, 2.75) is 72.1 Å². The molecule has 2 amide bonds. The highest BCUT2D eigenvalue weighted by Crippen LogP contribution is 2.27. The number of rotatable bonds is 5. The van der Waals surface area contributed by atoms with E-state index in [0.29, 0.717) is 24.3 Å². The quantitative estimate of drug-likeness (QED) is 0.743. The van der Waals surface area contributed by atoms with Gasteiger partial charge in [0.2, 0.25) is 5.91 Å². The molecule has 0 aliphatic carbocycles. The van der Waals surface area contributed by atoms with Crippen LogP contribution in [0.25, 0.3) is 0 Å². The van der Waals surface area contributed by atoms with E-state index in [1.165, 1.54) is 0 Å². The van der Waals surface area contributed by atoms with Gasteiger partial charge in [-0.2, -0.15) is 0 Å². The number of nitrogens with one attached hydrogen (secondary N) is 1. The molecular formula is C23H34N2O5. The fourth-order valence-electron chi connectivity index (χ4n) is 3.42. The normalized spacial score (nSPS) is 18.0. The Kier molecular flexibility index (Phi) is 7.16. The third kappa shape index (κ3) is 5.97. The molecule has 1 aromatic carbocycles. The molecule has 166 valence electrons. The Bertz CT molecular complexity index is 774. The molecule has 1 saturated heterocycles. The second-order valence-corrected chi connectivity index (χ2v) is 9.72. The van der Waals surface area contributed by atoms with Crippen LogP contribution in [-0.2, 0) is 14.3 Å². The molecule has 0 saturated carbocycles. The van der Waals surface area contributed by atoms with Gasteiger partial charge >= 0.3 is 5.97 Å². The molecule has 0 bridgehead atoms. The first-order valence-corrected chi connectivity index (χ1v) is 10.3. The van der Waals surface area contributed by atoms with E-state index in [2.05, 4.69) is 5.32 Å². The summed E-state index contributed by atoms with van der Waals surface area (Å²) in [6.07, 6.45) is 1.28. The second kappa shape index (κ2) is 9.06. The molecule has 2 atom stereocenters. The number of carbonyl (C=O) groups is 3. The number of hydrogen-bond donors (Lipinski definition) is 1. The summed E-state index contributed by atoms with van der Waals surface area (Å²) in [6, 6.07) is 5.29. The first-order chi connectivity index (χ1) is 13.8. The maximum Gasteiger partial charge on any atom is 0.329 e. The molecule has 1 fully saturated rings. The summed E-state index contributed by atoms with van der Waals surface area (Å²) in [6.45, 7) is 11.6. The maximum absolute atomic E-state index is 13.4. The van der Waals surface area contributed by atoms with Gasteiger partial charge in [-0.05, 0) is 63.3 Å². The van der Waals surface area contributed by atoms with Gasteiger partial charge in [0.1, 0.15) is 23.4 Å². The molecule has 0 unspecified atom stereocenters. The monoisotopic (exact) mass is 418 g/mol. The molecule has 7 heteroatoms. The molecule has 1 N–H and O–H groups in total. The maximum atomic E-state index is 13.4. The van der Waals surface area contributed by atoms with Crippen LogP contribution in [-0.4, -0.2) is 54.0 Å². The lowest BCUT2D eigenvalue weighted by atomic mass is 9.85. The van der Waals surface area contributed by atoms with E-state index in [0.717, 1.165) is 6.42 Å². The van der Waals surface area contributed by atoms with Crippen LogP contribution in [0, 0.1) is 5.41 Å². The van der Waals surface area contributed by atoms with Gasteiger partial charge in [-0.3, -0.25) is 9.59 Å². The summed E-state index contributed by atoms with van der Waals surface area (Å²) in [7, 11) is 1.56. The first-order valence-electron chi connectivity index (χ1n) is 10.3. The van der Waals surface area contributed by atoms with Gasteiger partial charge in [0, 0.05) is 12.1 Å². The number of ether oxygens (including phenoxy) is 2. The lowest BCUT2D eigenvalue weighted by molar-refractivity contribution is -0.164. The van der Waals surface area contributed by atoms with E-state index in [1.54, 1.807) is 57.0 Å². The van der Waals surface area contributed by atoms with Crippen molar-refractivity contribution in [3.8, 4) is 5.75 Å². The van der Waals surface area contributed by atoms with Crippen LogP contribution >= 0.6 is 0 Å². The summed E-state index contributed by atoms with van der Waals surface area (Å²) >= 11 is 0. The van der Waals surface area contributed by atoms with E-state index >= 15 is 0 Å². The number of amides is 2. The SMILES string of the molecule is COc1ccc(C(=O)N[C@H](C(=O)N2CCC[C@H]2C(=O)OC(C)(C)C)C(C)(C)C)cc1. The molecular weight excluding hydrogens is 384 g/mol. The van der Waals surface area contributed by atoms with Crippen molar-refractivity contribution in [1.82, 2.24) is 10.2 Å². The summed E-state index contributed by atoms with van der Waals surface area (Å²) in [5, 5.41) is 2.87. The number of nitrogens with zero attached hydrogens (tertiary/aromatic N) is 1. The van der Waals surface area contributed by atoms with Gasteiger partial charge in [-0.1, -0.05) is 20.8 Å². The van der Waals surface area contributed by atoms with Crippen molar-refractivity contribution in [3.05, 3.63) is 29.8 Å². The molecule has 1 heterocycles. The predicted molar refractivity (Wildman–Crippen MR) is 114 cm³/mol. The highest BCUT2D eigenvalue weighted by atomic mass is 16.6. The van der Waals surface area contributed by atoms with Crippen LogP contribution in [0.15, 0.2) is 24.3 Å². The van der Waals surface area contributed by atoms with Crippen molar-refractivity contribution in [2.24, 2.45) is 5.41 Å². The van der Waals surface area contributed by atoms with E-state index in [1.807, 2.05) is 20.8 Å². The van der Waals surface area contributed by atoms with Crippen molar-refractivity contribution >= 4 is 17.8 Å². The molecule has 1 aliphatic rings. The lowest BCUT2D eigenvalue weighted by Crippen LogP contribution is -2.57. The third-order valence-corrected chi connectivity index (χ3v) is 4.96. The number of likely N-dealkylation sites (tertiary alicyclic amines) is 1. The average molecular weight is 419 g/mol. The lowest BCUT2D eigenvalue weighted by Gasteiger charge is -2.35. The number of hydrogen-bond acceptors (Lipinski definition) is 5. The van der Waals surface area contributed by atoms with Crippen LogP contribution < -0.4 is 10.1 Å². The Balaban J connectivity index is 2.20. The van der Waals surface area contributed by atoms with Gasteiger partial charge in [0.05, 0.1) is 7.11 Å². The number of esters is 1. The van der Waals surface area contributed by atoms with E-state index in [-0.39, 0.29) is 11.8 Å².